The maximum absolute atomic E-state index is 16.3. The van der Waals surface area contributed by atoms with Crippen molar-refractivity contribution in [2.24, 2.45) is 0 Å². The largest absolute Gasteiger partial charge is 0.489 e. The molecule has 5 nitrogen and oxygen atoms in total. The zero-order chi connectivity index (χ0) is 23.7. The molecule has 0 amide bonds. The van der Waals surface area contributed by atoms with E-state index in [0.717, 1.165) is 41.3 Å². The number of hydrogen-bond donors (Lipinski definition) is 0. The molecular weight excluding hydrogens is 433 g/mol. The summed E-state index contributed by atoms with van der Waals surface area (Å²) >= 11 is 0. The van der Waals surface area contributed by atoms with Crippen molar-refractivity contribution in [3.63, 3.8) is 0 Å². The normalized spacial score (nSPS) is 20.5. The van der Waals surface area contributed by atoms with E-state index in [0.29, 0.717) is 17.2 Å². The molecule has 0 N–H and O–H groups in total. The van der Waals surface area contributed by atoms with Crippen molar-refractivity contribution in [2.45, 2.75) is 63.1 Å². The van der Waals surface area contributed by atoms with Gasteiger partial charge in [0.05, 0.1) is 24.9 Å². The molecule has 1 unspecified atom stereocenters. The van der Waals surface area contributed by atoms with Crippen LogP contribution in [0.2, 0.25) is 0 Å². The van der Waals surface area contributed by atoms with Crippen LogP contribution in [-0.2, 0) is 16.1 Å². The topological polar surface area (TPSA) is 57.5 Å². The van der Waals surface area contributed by atoms with Crippen molar-refractivity contribution in [3.8, 4) is 17.0 Å². The number of halogens is 1. The number of benzene rings is 2. The Bertz CT molecular complexity index is 1230. The average molecular weight is 464 g/mol. The Morgan fingerprint density at radius 2 is 2.00 bits per heavy atom. The number of alkyl halides is 1. The van der Waals surface area contributed by atoms with Crippen molar-refractivity contribution in [2.75, 3.05) is 13.7 Å². The van der Waals surface area contributed by atoms with Gasteiger partial charge >= 0.3 is 5.97 Å². The molecule has 6 heteroatoms. The molecular formula is C28H30FNO4. The first-order valence-electron chi connectivity index (χ1n) is 12.1. The van der Waals surface area contributed by atoms with Gasteiger partial charge in [0.25, 0.3) is 0 Å². The van der Waals surface area contributed by atoms with E-state index in [1.54, 1.807) is 6.07 Å². The van der Waals surface area contributed by atoms with Crippen LogP contribution in [0.4, 0.5) is 4.39 Å². The number of rotatable bonds is 5. The van der Waals surface area contributed by atoms with E-state index >= 15 is 4.39 Å². The van der Waals surface area contributed by atoms with Crippen LogP contribution in [0.25, 0.3) is 22.2 Å². The summed E-state index contributed by atoms with van der Waals surface area (Å²) in [6.45, 7) is -0.0786. The summed E-state index contributed by atoms with van der Waals surface area (Å²) in [5, 5.41) is 1.05. The number of carbonyl (C=O) groups is 2. The van der Waals surface area contributed by atoms with Crippen molar-refractivity contribution < 1.29 is 23.5 Å². The molecule has 2 aromatic carbocycles. The first-order valence-corrected chi connectivity index (χ1v) is 12.1. The van der Waals surface area contributed by atoms with Gasteiger partial charge in [0.15, 0.2) is 5.67 Å². The van der Waals surface area contributed by atoms with Gasteiger partial charge in [0, 0.05) is 22.9 Å². The van der Waals surface area contributed by atoms with Crippen LogP contribution in [0.15, 0.2) is 42.5 Å². The minimum Gasteiger partial charge on any atom is -0.489 e. The minimum atomic E-state index is -1.72. The summed E-state index contributed by atoms with van der Waals surface area (Å²) in [6.07, 6.45) is 6.69. The monoisotopic (exact) mass is 463 g/mol. The van der Waals surface area contributed by atoms with E-state index in [-0.39, 0.29) is 26.0 Å². The number of carbonyl (C=O) groups excluding carboxylic acids is 2. The predicted octanol–water partition coefficient (Wildman–Crippen LogP) is 6.22. The summed E-state index contributed by atoms with van der Waals surface area (Å²) in [5.41, 5.74) is 2.66. The van der Waals surface area contributed by atoms with E-state index in [9.17, 15) is 9.59 Å². The van der Waals surface area contributed by atoms with Crippen molar-refractivity contribution in [1.29, 1.82) is 0 Å². The van der Waals surface area contributed by atoms with Crippen LogP contribution in [0, 0.1) is 0 Å². The molecule has 3 aromatic rings. The Morgan fingerprint density at radius 3 is 2.76 bits per heavy atom. The number of fused-ring (bicyclic) bond motifs is 5. The van der Waals surface area contributed by atoms with E-state index in [2.05, 4.69) is 0 Å². The second-order valence-electron chi connectivity index (χ2n) is 9.55. The standard InChI is InChI=1S/C28H30FNO4/c1-33-27(32)20-12-13-21-23(16-20)30-17-28(29,14-7-15-31)18-34-24-11-6-5-10-22(24)26(30)25(21)19-8-3-2-4-9-19/h5-6,10-13,15-16,19H,2-4,7-9,14,17-18H2,1H3. The van der Waals surface area contributed by atoms with Gasteiger partial charge in [-0.1, -0.05) is 37.5 Å². The quantitative estimate of drug-likeness (QED) is 0.333. The van der Waals surface area contributed by atoms with E-state index < -0.39 is 11.6 Å². The van der Waals surface area contributed by atoms with Crippen LogP contribution < -0.4 is 4.74 Å². The lowest BCUT2D eigenvalue weighted by atomic mass is 9.81. The Hall–Kier alpha value is -3.15. The fourth-order valence-corrected chi connectivity index (χ4v) is 5.67. The molecule has 1 atom stereocenters. The molecule has 2 heterocycles. The number of nitrogens with zero attached hydrogens (tertiary/aromatic N) is 1. The van der Waals surface area contributed by atoms with Gasteiger partial charge in [-0.05, 0) is 55.0 Å². The number of ether oxygens (including phenoxy) is 2. The Kier molecular flexibility index (Phi) is 6.15. The third-order valence-electron chi connectivity index (χ3n) is 7.32. The van der Waals surface area contributed by atoms with Gasteiger partial charge in [0.2, 0.25) is 0 Å². The fourth-order valence-electron chi connectivity index (χ4n) is 5.67. The summed E-state index contributed by atoms with van der Waals surface area (Å²) in [7, 11) is 1.36. The number of hydrogen-bond acceptors (Lipinski definition) is 4. The fraction of sp³-hybridized carbons (Fsp3) is 0.429. The Labute approximate surface area is 198 Å². The molecule has 2 aliphatic rings. The smallest absolute Gasteiger partial charge is 0.337 e. The molecule has 1 fully saturated rings. The average Bonchev–Trinajstić information content (AvgIpc) is 3.18. The van der Waals surface area contributed by atoms with Gasteiger partial charge in [-0.25, -0.2) is 9.18 Å². The van der Waals surface area contributed by atoms with E-state index in [1.807, 2.05) is 41.0 Å². The minimum absolute atomic E-state index is 0.0539. The zero-order valence-corrected chi connectivity index (χ0v) is 19.5. The van der Waals surface area contributed by atoms with Gasteiger partial charge in [-0.3, -0.25) is 0 Å². The Morgan fingerprint density at radius 1 is 1.21 bits per heavy atom. The van der Waals surface area contributed by atoms with Crippen molar-refractivity contribution >= 4 is 23.2 Å². The molecule has 1 aliphatic carbocycles. The van der Waals surface area contributed by atoms with Crippen LogP contribution in [-0.4, -0.2) is 36.2 Å². The molecule has 0 saturated heterocycles. The van der Waals surface area contributed by atoms with E-state index in [4.69, 9.17) is 9.47 Å². The third-order valence-corrected chi connectivity index (χ3v) is 7.32. The molecule has 1 saturated carbocycles. The lowest BCUT2D eigenvalue weighted by Gasteiger charge is -2.31. The molecule has 5 rings (SSSR count). The van der Waals surface area contributed by atoms with Gasteiger partial charge in [-0.15, -0.1) is 0 Å². The highest BCUT2D eigenvalue weighted by Crippen LogP contribution is 2.48. The summed E-state index contributed by atoms with van der Waals surface area (Å²) < 4.78 is 29.3. The molecule has 1 aromatic heterocycles. The highest BCUT2D eigenvalue weighted by molar-refractivity contribution is 5.99. The van der Waals surface area contributed by atoms with Gasteiger partial charge in [-0.2, -0.15) is 0 Å². The van der Waals surface area contributed by atoms with Crippen LogP contribution >= 0.6 is 0 Å². The highest BCUT2D eigenvalue weighted by Gasteiger charge is 2.37. The predicted molar refractivity (Wildman–Crippen MR) is 129 cm³/mol. The molecule has 34 heavy (non-hydrogen) atoms. The molecule has 1 aliphatic heterocycles. The second-order valence-corrected chi connectivity index (χ2v) is 9.55. The van der Waals surface area contributed by atoms with Crippen molar-refractivity contribution in [1.82, 2.24) is 4.57 Å². The molecule has 0 bridgehead atoms. The van der Waals surface area contributed by atoms with Crippen LogP contribution in [0.5, 0.6) is 5.75 Å². The van der Waals surface area contributed by atoms with E-state index in [1.165, 1.54) is 31.9 Å². The molecule has 0 radical (unpaired) electrons. The summed E-state index contributed by atoms with van der Waals surface area (Å²) in [4.78, 5) is 23.5. The van der Waals surface area contributed by atoms with Gasteiger partial charge in [0.1, 0.15) is 18.6 Å². The SMILES string of the molecule is COC(=O)c1ccc2c(C3CCCCC3)c3n(c2c1)CC(F)(CCC=O)COc1ccccc1-3. The Balaban J connectivity index is 1.81. The molecule has 0 spiro atoms. The maximum atomic E-state index is 16.3. The first-order chi connectivity index (χ1) is 16.5. The summed E-state index contributed by atoms with van der Waals surface area (Å²) in [5.74, 6) is 0.580. The maximum Gasteiger partial charge on any atom is 0.337 e. The number of para-hydroxylation sites is 1. The summed E-state index contributed by atoms with van der Waals surface area (Å²) in [6, 6.07) is 13.4. The lowest BCUT2D eigenvalue weighted by Crippen LogP contribution is -2.37. The second kappa shape index (κ2) is 9.24. The van der Waals surface area contributed by atoms with Crippen LogP contribution in [0.1, 0.15) is 66.8 Å². The number of esters is 1. The highest BCUT2D eigenvalue weighted by atomic mass is 19.1. The number of aldehydes is 1. The first kappa shape index (κ1) is 22.6. The zero-order valence-electron chi connectivity index (χ0n) is 19.5. The number of methoxy groups -OCH3 is 1. The van der Waals surface area contributed by atoms with Crippen LogP contribution in [0.3, 0.4) is 0 Å². The van der Waals surface area contributed by atoms with Gasteiger partial charge < -0.3 is 18.8 Å². The number of aromatic nitrogens is 1. The van der Waals surface area contributed by atoms with Crippen molar-refractivity contribution in [3.05, 3.63) is 53.6 Å². The third kappa shape index (κ3) is 3.99. The lowest BCUT2D eigenvalue weighted by molar-refractivity contribution is -0.108. The molecule has 178 valence electrons.